The number of aromatic amines is 1. The molecule has 5 nitrogen and oxygen atoms in total. The van der Waals surface area contributed by atoms with E-state index in [4.69, 9.17) is 0 Å². The molecule has 0 radical (unpaired) electrons. The van der Waals surface area contributed by atoms with Crippen molar-refractivity contribution < 1.29 is 13.2 Å². The lowest BCUT2D eigenvalue weighted by atomic mass is 10.1. The summed E-state index contributed by atoms with van der Waals surface area (Å²) in [5, 5.41) is 8.87. The van der Waals surface area contributed by atoms with Gasteiger partial charge >= 0.3 is 11.9 Å². The number of aromatic nitrogens is 4. The van der Waals surface area contributed by atoms with E-state index in [0.29, 0.717) is 5.56 Å². The van der Waals surface area contributed by atoms with Crippen molar-refractivity contribution >= 4 is 0 Å². The Balaban J connectivity index is 2.11. The molecule has 1 heterocycles. The molecule has 96 valence electrons. The van der Waals surface area contributed by atoms with Gasteiger partial charge in [-0.3, -0.25) is 0 Å². The van der Waals surface area contributed by atoms with Crippen molar-refractivity contribution in [2.75, 3.05) is 0 Å². The fourth-order valence-electron chi connectivity index (χ4n) is 1.50. The standard InChI is InChI=1S/C10H9F3N4O/c11-10(12,13)8-3-1-2-7(6-8)4-5-17-9(18)14-15-16-17/h1-3,6H,4-5H2,(H,14,16,18). The first-order valence-electron chi connectivity index (χ1n) is 5.11. The normalized spacial score (nSPS) is 11.7. The van der Waals surface area contributed by atoms with Gasteiger partial charge in [-0.1, -0.05) is 18.2 Å². The molecule has 1 aromatic carbocycles. The average Bonchev–Trinajstić information content (AvgIpc) is 2.72. The molecule has 0 aliphatic carbocycles. The molecule has 1 aromatic heterocycles. The van der Waals surface area contributed by atoms with E-state index < -0.39 is 17.4 Å². The molecule has 18 heavy (non-hydrogen) atoms. The van der Waals surface area contributed by atoms with E-state index in [1.165, 1.54) is 6.07 Å². The van der Waals surface area contributed by atoms with Crippen LogP contribution in [0.3, 0.4) is 0 Å². The van der Waals surface area contributed by atoms with E-state index in [-0.39, 0.29) is 13.0 Å². The number of aryl methyl sites for hydroxylation is 2. The summed E-state index contributed by atoms with van der Waals surface area (Å²) in [6.07, 6.45) is -4.09. The van der Waals surface area contributed by atoms with Crippen LogP contribution in [-0.4, -0.2) is 20.2 Å². The molecule has 0 aliphatic heterocycles. The quantitative estimate of drug-likeness (QED) is 0.900. The minimum Gasteiger partial charge on any atom is -0.245 e. The summed E-state index contributed by atoms with van der Waals surface area (Å²) in [4.78, 5) is 11.1. The molecule has 0 unspecified atom stereocenters. The molecule has 0 spiro atoms. The van der Waals surface area contributed by atoms with E-state index in [9.17, 15) is 18.0 Å². The van der Waals surface area contributed by atoms with Crippen molar-refractivity contribution in [2.45, 2.75) is 19.1 Å². The van der Waals surface area contributed by atoms with Gasteiger partial charge in [-0.2, -0.15) is 17.9 Å². The molecule has 0 fully saturated rings. The Morgan fingerprint density at radius 2 is 2.11 bits per heavy atom. The highest BCUT2D eigenvalue weighted by atomic mass is 19.4. The van der Waals surface area contributed by atoms with E-state index in [2.05, 4.69) is 15.5 Å². The number of halogens is 3. The largest absolute Gasteiger partial charge is 0.416 e. The molecule has 0 saturated carbocycles. The van der Waals surface area contributed by atoms with Crippen molar-refractivity contribution in [1.29, 1.82) is 0 Å². The number of rotatable bonds is 3. The predicted molar refractivity (Wildman–Crippen MR) is 55.8 cm³/mol. The monoisotopic (exact) mass is 258 g/mol. The van der Waals surface area contributed by atoms with Gasteiger partial charge in [0.2, 0.25) is 0 Å². The van der Waals surface area contributed by atoms with Crippen LogP contribution in [0, 0.1) is 0 Å². The van der Waals surface area contributed by atoms with Crippen molar-refractivity contribution in [2.24, 2.45) is 0 Å². The molecular formula is C10H9F3N4O. The first-order chi connectivity index (χ1) is 8.47. The Labute approximate surface area is 99.2 Å². The second kappa shape index (κ2) is 4.63. The molecule has 8 heteroatoms. The first-order valence-corrected chi connectivity index (χ1v) is 5.11. The second-order valence-electron chi connectivity index (χ2n) is 3.68. The lowest BCUT2D eigenvalue weighted by Gasteiger charge is -2.08. The average molecular weight is 258 g/mol. The van der Waals surface area contributed by atoms with Crippen molar-refractivity contribution in [3.05, 3.63) is 45.9 Å². The molecule has 2 rings (SSSR count). The van der Waals surface area contributed by atoms with Gasteiger partial charge in [0.15, 0.2) is 0 Å². The van der Waals surface area contributed by atoms with Gasteiger partial charge in [-0.25, -0.2) is 9.89 Å². The van der Waals surface area contributed by atoms with Gasteiger partial charge in [0.05, 0.1) is 12.1 Å². The molecule has 1 N–H and O–H groups in total. The van der Waals surface area contributed by atoms with Crippen LogP contribution in [0.2, 0.25) is 0 Å². The van der Waals surface area contributed by atoms with Gasteiger partial charge in [-0.15, -0.1) is 0 Å². The van der Waals surface area contributed by atoms with Gasteiger partial charge < -0.3 is 0 Å². The Bertz CT molecular complexity index is 587. The maximum absolute atomic E-state index is 12.5. The Morgan fingerprint density at radius 3 is 2.72 bits per heavy atom. The van der Waals surface area contributed by atoms with E-state index in [1.54, 1.807) is 6.07 Å². The van der Waals surface area contributed by atoms with Crippen LogP contribution in [0.25, 0.3) is 0 Å². The maximum Gasteiger partial charge on any atom is 0.416 e. The second-order valence-corrected chi connectivity index (χ2v) is 3.68. The van der Waals surface area contributed by atoms with Crippen LogP contribution in [-0.2, 0) is 19.1 Å². The molecule has 0 aliphatic rings. The van der Waals surface area contributed by atoms with Crippen LogP contribution in [0.4, 0.5) is 13.2 Å². The number of H-pyrrole nitrogens is 1. The molecule has 2 aromatic rings. The van der Waals surface area contributed by atoms with Crippen LogP contribution < -0.4 is 5.69 Å². The van der Waals surface area contributed by atoms with Crippen molar-refractivity contribution in [1.82, 2.24) is 20.2 Å². The third-order valence-electron chi connectivity index (χ3n) is 2.40. The molecule has 0 saturated heterocycles. The summed E-state index contributed by atoms with van der Waals surface area (Å²) in [7, 11) is 0. The minimum atomic E-state index is -4.36. The minimum absolute atomic E-state index is 0.177. The fourth-order valence-corrected chi connectivity index (χ4v) is 1.50. The third-order valence-corrected chi connectivity index (χ3v) is 2.40. The number of benzene rings is 1. The number of nitrogens with zero attached hydrogens (tertiary/aromatic N) is 3. The van der Waals surface area contributed by atoms with Gasteiger partial charge in [-0.05, 0) is 28.5 Å². The summed E-state index contributed by atoms with van der Waals surface area (Å²) >= 11 is 0. The zero-order chi connectivity index (χ0) is 13.2. The van der Waals surface area contributed by atoms with Crippen molar-refractivity contribution in [3.63, 3.8) is 0 Å². The highest BCUT2D eigenvalue weighted by Gasteiger charge is 2.30. The summed E-state index contributed by atoms with van der Waals surface area (Å²) in [6, 6.07) is 4.97. The Kier molecular flexibility index (Phi) is 3.17. The zero-order valence-electron chi connectivity index (χ0n) is 9.11. The molecule has 0 amide bonds. The highest BCUT2D eigenvalue weighted by molar-refractivity contribution is 5.25. The lowest BCUT2D eigenvalue weighted by molar-refractivity contribution is -0.137. The van der Waals surface area contributed by atoms with Gasteiger partial charge in [0.1, 0.15) is 0 Å². The summed E-state index contributed by atoms with van der Waals surface area (Å²) in [5.41, 5.74) is -0.700. The van der Waals surface area contributed by atoms with E-state index in [0.717, 1.165) is 16.8 Å². The topological polar surface area (TPSA) is 63.6 Å². The summed E-state index contributed by atoms with van der Waals surface area (Å²) in [5.74, 6) is 0. The van der Waals surface area contributed by atoms with Gasteiger partial charge in [0, 0.05) is 0 Å². The van der Waals surface area contributed by atoms with E-state index in [1.807, 2.05) is 0 Å². The van der Waals surface area contributed by atoms with E-state index >= 15 is 0 Å². The molecule has 0 atom stereocenters. The first kappa shape index (κ1) is 12.3. The number of tetrazole rings is 1. The zero-order valence-corrected chi connectivity index (χ0v) is 9.11. The molecular weight excluding hydrogens is 249 g/mol. The van der Waals surface area contributed by atoms with Crippen LogP contribution in [0.1, 0.15) is 11.1 Å². The highest BCUT2D eigenvalue weighted by Crippen LogP contribution is 2.29. The molecule has 0 bridgehead atoms. The van der Waals surface area contributed by atoms with Crippen molar-refractivity contribution in [3.8, 4) is 0 Å². The smallest absolute Gasteiger partial charge is 0.245 e. The Hall–Kier alpha value is -2.12. The number of hydrogen-bond acceptors (Lipinski definition) is 3. The SMILES string of the molecule is O=c1[nH]nnn1CCc1cccc(C(F)(F)F)c1. The van der Waals surface area contributed by atoms with Crippen LogP contribution in [0.5, 0.6) is 0 Å². The van der Waals surface area contributed by atoms with Crippen LogP contribution >= 0.6 is 0 Å². The Morgan fingerprint density at radius 1 is 1.33 bits per heavy atom. The predicted octanol–water partition coefficient (Wildman–Crippen LogP) is 1.23. The number of hydrogen-bond donors (Lipinski definition) is 1. The number of nitrogens with one attached hydrogen (secondary N) is 1. The number of alkyl halides is 3. The van der Waals surface area contributed by atoms with Crippen LogP contribution in [0.15, 0.2) is 29.1 Å². The van der Waals surface area contributed by atoms with Gasteiger partial charge in [0.25, 0.3) is 0 Å². The summed E-state index contributed by atoms with van der Waals surface area (Å²) in [6.45, 7) is 0.177. The maximum atomic E-state index is 12.5. The lowest BCUT2D eigenvalue weighted by Crippen LogP contribution is -2.19. The third kappa shape index (κ3) is 2.76. The summed E-state index contributed by atoms with van der Waals surface area (Å²) < 4.78 is 38.4. The fraction of sp³-hybridized carbons (Fsp3) is 0.300.